The van der Waals surface area contributed by atoms with Crippen molar-refractivity contribution in [3.05, 3.63) is 25.3 Å². The number of carbonyl (C=O) groups excluding carboxylic acids is 3. The van der Waals surface area contributed by atoms with Gasteiger partial charge in [0.15, 0.2) is 0 Å². The van der Waals surface area contributed by atoms with Crippen molar-refractivity contribution in [1.29, 1.82) is 0 Å². The van der Waals surface area contributed by atoms with E-state index in [0.717, 1.165) is 19.3 Å². The molecule has 39 heavy (non-hydrogen) atoms. The van der Waals surface area contributed by atoms with Gasteiger partial charge in [-0.2, -0.15) is 0 Å². The highest BCUT2D eigenvalue weighted by Gasteiger charge is 2.76. The molecule has 0 aromatic carbocycles. The Balaban J connectivity index is 2.11. The summed E-state index contributed by atoms with van der Waals surface area (Å²) in [7, 11) is 0. The number of carbonyl (C=O) groups is 3. The Morgan fingerprint density at radius 3 is 2.33 bits per heavy atom. The van der Waals surface area contributed by atoms with Gasteiger partial charge < -0.3 is 19.8 Å². The van der Waals surface area contributed by atoms with E-state index >= 15 is 0 Å². The van der Waals surface area contributed by atoms with Gasteiger partial charge in [-0.1, -0.05) is 46.8 Å². The van der Waals surface area contributed by atoms with Crippen molar-refractivity contribution < 1.29 is 19.5 Å². The summed E-state index contributed by atoms with van der Waals surface area (Å²) in [6.45, 7) is 24.4. The van der Waals surface area contributed by atoms with Crippen LogP contribution in [0.2, 0.25) is 0 Å². The number of fused-ring (bicyclic) bond motifs is 1. The molecule has 6 atom stereocenters. The summed E-state index contributed by atoms with van der Waals surface area (Å²) in [4.78, 5) is 48.5. The maximum absolute atomic E-state index is 14.8. The van der Waals surface area contributed by atoms with Crippen molar-refractivity contribution in [1.82, 2.24) is 14.7 Å². The Kier molecular flexibility index (Phi) is 9.74. The van der Waals surface area contributed by atoms with Crippen molar-refractivity contribution in [3.8, 4) is 0 Å². The van der Waals surface area contributed by atoms with Crippen LogP contribution in [0.15, 0.2) is 25.3 Å². The number of nitrogens with zero attached hydrogens (tertiary/aromatic N) is 3. The van der Waals surface area contributed by atoms with Gasteiger partial charge in [-0.15, -0.1) is 24.9 Å². The number of thioether (sulfide) groups is 1. The van der Waals surface area contributed by atoms with Crippen LogP contribution in [0.3, 0.4) is 0 Å². The van der Waals surface area contributed by atoms with Crippen LogP contribution >= 0.6 is 11.8 Å². The van der Waals surface area contributed by atoms with Gasteiger partial charge in [0.2, 0.25) is 17.7 Å². The lowest BCUT2D eigenvalue weighted by atomic mass is 9.65. The summed E-state index contributed by atoms with van der Waals surface area (Å²) in [5.41, 5.74) is -0.475. The topological polar surface area (TPSA) is 81.2 Å². The molecule has 3 amide bonds. The van der Waals surface area contributed by atoms with Gasteiger partial charge in [0.1, 0.15) is 6.04 Å². The highest BCUT2D eigenvalue weighted by atomic mass is 32.2. The van der Waals surface area contributed by atoms with Crippen molar-refractivity contribution >= 4 is 29.5 Å². The minimum Gasteiger partial charge on any atom is -0.396 e. The van der Waals surface area contributed by atoms with Crippen LogP contribution < -0.4 is 0 Å². The fourth-order valence-corrected chi connectivity index (χ4v) is 10.2. The van der Waals surface area contributed by atoms with Crippen LogP contribution in [0.4, 0.5) is 0 Å². The molecule has 2 bridgehead atoms. The molecule has 0 saturated carbocycles. The predicted octanol–water partition coefficient (Wildman–Crippen LogP) is 4.36. The minimum atomic E-state index is -0.678. The third kappa shape index (κ3) is 5.70. The molecule has 1 N–H and O–H groups in total. The molecule has 3 rings (SSSR count). The zero-order valence-electron chi connectivity index (χ0n) is 25.2. The monoisotopic (exact) mass is 561 g/mol. The number of amides is 3. The van der Waals surface area contributed by atoms with Crippen LogP contribution in [0.5, 0.6) is 0 Å². The molecule has 0 aromatic rings. The highest BCUT2D eigenvalue weighted by Crippen LogP contribution is 2.69. The minimum absolute atomic E-state index is 0.00703. The van der Waals surface area contributed by atoms with Gasteiger partial charge in [-0.05, 0) is 50.9 Å². The number of aliphatic hydroxyl groups is 1. The Bertz CT molecular complexity index is 960. The molecule has 0 radical (unpaired) electrons. The van der Waals surface area contributed by atoms with Crippen LogP contribution in [-0.4, -0.2) is 91.9 Å². The van der Waals surface area contributed by atoms with E-state index in [1.807, 2.05) is 16.7 Å². The summed E-state index contributed by atoms with van der Waals surface area (Å²) in [5.74, 6) is -1.06. The zero-order chi connectivity index (χ0) is 29.3. The summed E-state index contributed by atoms with van der Waals surface area (Å²) in [6, 6.07) is -0.678. The average molecular weight is 562 g/mol. The van der Waals surface area contributed by atoms with Gasteiger partial charge in [0.25, 0.3) is 0 Å². The first-order valence-corrected chi connectivity index (χ1v) is 15.5. The van der Waals surface area contributed by atoms with E-state index in [9.17, 15) is 19.5 Å². The van der Waals surface area contributed by atoms with E-state index in [2.05, 4.69) is 54.7 Å². The third-order valence-electron chi connectivity index (χ3n) is 8.75. The summed E-state index contributed by atoms with van der Waals surface area (Å²) in [6.07, 6.45) is 6.32. The summed E-state index contributed by atoms with van der Waals surface area (Å²) in [5, 5.41) is 9.69. The lowest BCUT2D eigenvalue weighted by Crippen LogP contribution is -2.61. The fourth-order valence-electron chi connectivity index (χ4n) is 7.80. The molecule has 220 valence electrons. The predicted molar refractivity (Wildman–Crippen MR) is 159 cm³/mol. The number of likely N-dealkylation sites (tertiary alicyclic amines) is 1. The van der Waals surface area contributed by atoms with Gasteiger partial charge >= 0.3 is 0 Å². The lowest BCUT2D eigenvalue weighted by Gasteiger charge is -2.47. The normalized spacial score (nSPS) is 29.9. The van der Waals surface area contributed by atoms with Crippen molar-refractivity contribution in [3.63, 3.8) is 0 Å². The highest BCUT2D eigenvalue weighted by molar-refractivity contribution is 8.02. The van der Waals surface area contributed by atoms with Crippen molar-refractivity contribution in [2.24, 2.45) is 23.2 Å². The summed E-state index contributed by atoms with van der Waals surface area (Å²) >= 11 is 1.71. The smallest absolute Gasteiger partial charge is 0.247 e. The van der Waals surface area contributed by atoms with Crippen molar-refractivity contribution in [2.45, 2.75) is 95.7 Å². The fraction of sp³-hybridized carbons (Fsp3) is 0.774. The van der Waals surface area contributed by atoms with E-state index in [1.165, 1.54) is 0 Å². The molecule has 8 heteroatoms. The molecular weight excluding hydrogens is 510 g/mol. The Hall–Kier alpha value is -1.80. The molecular formula is C31H51N3O4S. The van der Waals surface area contributed by atoms with Gasteiger partial charge in [0, 0.05) is 43.6 Å². The SMILES string of the molecule is C=CCN(CCC)C(=O)[C@@H]1[C@@H]2CC(C)C3(S2)C(C(=O)N(CC=C)C(C)(C)CC(C)(C)C)N(CCCO)C(=O)[C@H]13. The van der Waals surface area contributed by atoms with E-state index in [1.54, 1.807) is 28.8 Å². The Labute approximate surface area is 240 Å². The van der Waals surface area contributed by atoms with Crippen LogP contribution in [-0.2, 0) is 14.4 Å². The Morgan fingerprint density at radius 2 is 1.79 bits per heavy atom. The molecule has 3 fully saturated rings. The largest absolute Gasteiger partial charge is 0.396 e. The third-order valence-corrected chi connectivity index (χ3v) is 10.8. The van der Waals surface area contributed by atoms with E-state index < -0.39 is 28.2 Å². The van der Waals surface area contributed by atoms with Gasteiger partial charge in [0.05, 0.1) is 16.6 Å². The summed E-state index contributed by atoms with van der Waals surface area (Å²) < 4.78 is -0.669. The molecule has 3 heterocycles. The second-order valence-electron chi connectivity index (χ2n) is 13.5. The van der Waals surface area contributed by atoms with E-state index in [0.29, 0.717) is 32.6 Å². The molecule has 0 aliphatic carbocycles. The van der Waals surface area contributed by atoms with Crippen LogP contribution in [0, 0.1) is 23.2 Å². The van der Waals surface area contributed by atoms with E-state index in [4.69, 9.17) is 0 Å². The quantitative estimate of drug-likeness (QED) is 0.338. The number of hydrogen-bond acceptors (Lipinski definition) is 5. The van der Waals surface area contributed by atoms with Crippen LogP contribution in [0.25, 0.3) is 0 Å². The van der Waals surface area contributed by atoms with Crippen molar-refractivity contribution in [2.75, 3.05) is 32.8 Å². The standard InChI is InChI=1S/C31H51N3O4S/c1-10-14-32(15-11-2)26(36)23-22-19-21(4)31(39-22)24(23)27(37)33(17-13-18-35)25(31)28(38)34(16-12-3)30(8,9)20-29(5,6)7/h10,12,21-25,35H,1,3,11,13-20H2,2,4-9H3/t21?,22-,23+,24-,25?,31?/m0/s1. The number of aliphatic hydroxyl groups excluding tert-OH is 1. The molecule has 3 aliphatic heterocycles. The zero-order valence-corrected chi connectivity index (χ0v) is 26.1. The van der Waals surface area contributed by atoms with E-state index in [-0.39, 0.29) is 40.9 Å². The number of rotatable bonds is 13. The Morgan fingerprint density at radius 1 is 1.15 bits per heavy atom. The average Bonchev–Trinajstić information content (AvgIpc) is 3.42. The maximum atomic E-state index is 14.8. The molecule has 3 saturated heterocycles. The molecule has 0 aromatic heterocycles. The molecule has 3 aliphatic rings. The van der Waals surface area contributed by atoms with Gasteiger partial charge in [-0.3, -0.25) is 14.4 Å². The first kappa shape index (κ1) is 31.7. The van der Waals surface area contributed by atoms with Crippen LogP contribution in [0.1, 0.15) is 74.1 Å². The molecule has 7 nitrogen and oxygen atoms in total. The first-order chi connectivity index (χ1) is 18.2. The maximum Gasteiger partial charge on any atom is 0.247 e. The molecule has 3 unspecified atom stereocenters. The second kappa shape index (κ2) is 12.0. The second-order valence-corrected chi connectivity index (χ2v) is 15.1. The molecule has 1 spiro atoms. The number of hydrogen-bond donors (Lipinski definition) is 1. The lowest BCUT2D eigenvalue weighted by molar-refractivity contribution is -0.147. The van der Waals surface area contributed by atoms with Gasteiger partial charge in [-0.25, -0.2) is 0 Å². The first-order valence-electron chi connectivity index (χ1n) is 14.6.